The van der Waals surface area contributed by atoms with E-state index in [2.05, 4.69) is 36.9 Å². The second kappa shape index (κ2) is 11.0. The van der Waals surface area contributed by atoms with Crippen LogP contribution < -0.4 is 0 Å². The first-order chi connectivity index (χ1) is 14.9. The van der Waals surface area contributed by atoms with E-state index in [0.29, 0.717) is 25.4 Å². The molecular formula is C25H27FN2O2S. The van der Waals surface area contributed by atoms with Crippen LogP contribution in [-0.4, -0.2) is 35.4 Å². The van der Waals surface area contributed by atoms with Gasteiger partial charge in [-0.15, -0.1) is 0 Å². The number of aryl methyl sites for hydroxylation is 2. The highest BCUT2D eigenvalue weighted by Crippen LogP contribution is 2.29. The maximum atomic E-state index is 13.8. The van der Waals surface area contributed by atoms with E-state index < -0.39 is 0 Å². The third kappa shape index (κ3) is 6.84. The number of amidine groups is 1. The number of nitrogens with zero attached hydrogens (tertiary/aromatic N) is 2. The maximum absolute atomic E-state index is 13.8. The Hall–Kier alpha value is -2.83. The van der Waals surface area contributed by atoms with Gasteiger partial charge in [-0.3, -0.25) is 0 Å². The first-order valence-corrected chi connectivity index (χ1v) is 10.9. The number of aromatic hydroxyl groups is 1. The van der Waals surface area contributed by atoms with Gasteiger partial charge in [-0.25, -0.2) is 9.38 Å². The molecule has 0 heterocycles. The Morgan fingerprint density at radius 1 is 1.06 bits per heavy atom. The molecular weight excluding hydrogens is 411 g/mol. The van der Waals surface area contributed by atoms with Gasteiger partial charge in [0.15, 0.2) is 5.17 Å². The first-order valence-electron chi connectivity index (χ1n) is 10.1. The van der Waals surface area contributed by atoms with Crippen molar-refractivity contribution in [1.82, 2.24) is 4.90 Å². The zero-order chi connectivity index (χ0) is 22.2. The normalized spacial score (nSPS) is 11.5. The number of aliphatic imine (C=N–C) groups is 1. The molecule has 0 radical (unpaired) electrons. The second-order valence-corrected chi connectivity index (χ2v) is 8.34. The lowest BCUT2D eigenvalue weighted by Gasteiger charge is -2.26. The Morgan fingerprint density at radius 2 is 1.87 bits per heavy atom. The van der Waals surface area contributed by atoms with Crippen LogP contribution >= 0.6 is 11.8 Å². The van der Waals surface area contributed by atoms with E-state index >= 15 is 0 Å². The van der Waals surface area contributed by atoms with Crippen molar-refractivity contribution in [3.8, 4) is 5.75 Å². The predicted octanol–water partition coefficient (Wildman–Crippen LogP) is 6.08. The van der Waals surface area contributed by atoms with Crippen molar-refractivity contribution in [2.24, 2.45) is 4.99 Å². The Bertz CT molecular complexity index is 1060. The number of hydrogen-bond acceptors (Lipinski definition) is 4. The zero-order valence-electron chi connectivity index (χ0n) is 18.0. The van der Waals surface area contributed by atoms with Crippen LogP contribution in [0.5, 0.6) is 5.75 Å². The van der Waals surface area contributed by atoms with Gasteiger partial charge in [0.1, 0.15) is 11.6 Å². The number of benzene rings is 3. The number of ether oxygens (including phenoxy) is 1. The lowest BCUT2D eigenvalue weighted by atomic mass is 10.2. The molecule has 0 bridgehead atoms. The summed E-state index contributed by atoms with van der Waals surface area (Å²) in [5, 5.41) is 10.6. The summed E-state index contributed by atoms with van der Waals surface area (Å²) in [7, 11) is 1.66. The third-order valence-corrected chi connectivity index (χ3v) is 5.89. The lowest BCUT2D eigenvalue weighted by molar-refractivity contribution is 0.175. The van der Waals surface area contributed by atoms with Crippen LogP contribution in [0, 0.1) is 19.7 Å². The lowest BCUT2D eigenvalue weighted by Crippen LogP contribution is -2.31. The Morgan fingerprint density at radius 3 is 2.58 bits per heavy atom. The van der Waals surface area contributed by atoms with E-state index in [1.165, 1.54) is 17.7 Å². The van der Waals surface area contributed by atoms with E-state index in [-0.39, 0.29) is 11.6 Å². The average Bonchev–Trinajstić information content (AvgIpc) is 2.72. The van der Waals surface area contributed by atoms with Gasteiger partial charge in [-0.1, -0.05) is 47.7 Å². The summed E-state index contributed by atoms with van der Waals surface area (Å²) in [5.74, 6) is -0.108. The predicted molar refractivity (Wildman–Crippen MR) is 126 cm³/mol. The topological polar surface area (TPSA) is 45.1 Å². The van der Waals surface area contributed by atoms with E-state index in [9.17, 15) is 9.50 Å². The van der Waals surface area contributed by atoms with Crippen LogP contribution in [0.2, 0.25) is 0 Å². The van der Waals surface area contributed by atoms with Gasteiger partial charge >= 0.3 is 0 Å². The Balaban J connectivity index is 2.01. The molecule has 31 heavy (non-hydrogen) atoms. The molecule has 0 aliphatic rings. The highest BCUT2D eigenvalue weighted by molar-refractivity contribution is 8.13. The molecule has 0 saturated carbocycles. The van der Waals surface area contributed by atoms with Crippen molar-refractivity contribution in [2.75, 3.05) is 20.3 Å². The van der Waals surface area contributed by atoms with Crippen LogP contribution in [0.3, 0.4) is 0 Å². The van der Waals surface area contributed by atoms with Gasteiger partial charge < -0.3 is 14.7 Å². The number of methoxy groups -OCH3 is 1. The van der Waals surface area contributed by atoms with Gasteiger partial charge in [0.25, 0.3) is 0 Å². The fourth-order valence-electron chi connectivity index (χ4n) is 3.15. The van der Waals surface area contributed by atoms with E-state index in [1.54, 1.807) is 43.1 Å². The van der Waals surface area contributed by atoms with Crippen molar-refractivity contribution in [3.05, 3.63) is 89.2 Å². The smallest absolute Gasteiger partial charge is 0.169 e. The standard InChI is InChI=1S/C25H27FN2O2S/c1-18-10-11-24(19(2)14-18)31-25(27-22-8-5-7-21(26)16-22)28(12-13-30-3)17-20-6-4-9-23(29)15-20/h4-11,14-16,29H,12-13,17H2,1-3H3. The molecule has 0 saturated heterocycles. The number of hydrogen-bond donors (Lipinski definition) is 1. The summed E-state index contributed by atoms with van der Waals surface area (Å²) in [6.45, 7) is 5.77. The fourth-order valence-corrected chi connectivity index (χ4v) is 4.13. The van der Waals surface area contributed by atoms with Crippen molar-refractivity contribution in [2.45, 2.75) is 25.3 Å². The quantitative estimate of drug-likeness (QED) is 0.276. The molecule has 6 heteroatoms. The minimum atomic E-state index is -0.325. The number of halogens is 1. The largest absolute Gasteiger partial charge is 0.508 e. The van der Waals surface area contributed by atoms with E-state index in [4.69, 9.17) is 9.73 Å². The van der Waals surface area contributed by atoms with Crippen LogP contribution in [0.1, 0.15) is 16.7 Å². The van der Waals surface area contributed by atoms with Gasteiger partial charge in [-0.2, -0.15) is 0 Å². The fraction of sp³-hybridized carbons (Fsp3) is 0.240. The van der Waals surface area contributed by atoms with Crippen LogP contribution in [0.4, 0.5) is 10.1 Å². The summed E-state index contributed by atoms with van der Waals surface area (Å²) in [4.78, 5) is 7.97. The highest BCUT2D eigenvalue weighted by Gasteiger charge is 2.16. The summed E-state index contributed by atoms with van der Waals surface area (Å²) in [5.41, 5.74) is 3.84. The molecule has 0 aliphatic heterocycles. The first kappa shape index (κ1) is 22.8. The van der Waals surface area contributed by atoms with E-state index in [1.807, 2.05) is 12.1 Å². The molecule has 3 aromatic rings. The summed E-state index contributed by atoms with van der Waals surface area (Å²) in [6, 6.07) is 19.7. The Labute approximate surface area is 187 Å². The summed E-state index contributed by atoms with van der Waals surface area (Å²) in [6.07, 6.45) is 0. The molecule has 0 amide bonds. The average molecular weight is 439 g/mol. The van der Waals surface area contributed by atoms with Gasteiger partial charge in [0.05, 0.1) is 12.3 Å². The molecule has 0 fully saturated rings. The zero-order valence-corrected chi connectivity index (χ0v) is 18.8. The van der Waals surface area contributed by atoms with E-state index in [0.717, 1.165) is 21.2 Å². The molecule has 3 rings (SSSR count). The maximum Gasteiger partial charge on any atom is 0.169 e. The molecule has 0 spiro atoms. The van der Waals surface area contributed by atoms with Crippen molar-refractivity contribution < 1.29 is 14.2 Å². The molecule has 0 aliphatic carbocycles. The van der Waals surface area contributed by atoms with Crippen LogP contribution in [-0.2, 0) is 11.3 Å². The summed E-state index contributed by atoms with van der Waals surface area (Å²) < 4.78 is 19.1. The van der Waals surface area contributed by atoms with Crippen molar-refractivity contribution in [1.29, 1.82) is 0 Å². The SMILES string of the molecule is COCCN(Cc1cccc(O)c1)C(=Nc1cccc(F)c1)Sc1ccc(C)cc1C. The van der Waals surface area contributed by atoms with Gasteiger partial charge in [-0.05, 0) is 61.4 Å². The monoisotopic (exact) mass is 438 g/mol. The molecule has 4 nitrogen and oxygen atoms in total. The van der Waals surface area contributed by atoms with Crippen molar-refractivity contribution in [3.63, 3.8) is 0 Å². The Kier molecular flexibility index (Phi) is 8.09. The molecule has 3 aromatic carbocycles. The number of phenols is 1. The van der Waals surface area contributed by atoms with Crippen LogP contribution in [0.25, 0.3) is 0 Å². The number of rotatable bonds is 7. The second-order valence-electron chi connectivity index (χ2n) is 7.33. The molecule has 162 valence electrons. The van der Waals surface area contributed by atoms with Crippen molar-refractivity contribution >= 4 is 22.6 Å². The summed E-state index contributed by atoms with van der Waals surface area (Å²) >= 11 is 1.54. The molecule has 0 unspecified atom stereocenters. The number of thioether (sulfide) groups is 1. The third-order valence-electron chi connectivity index (χ3n) is 4.68. The number of phenolic OH excluding ortho intramolecular Hbond substituents is 1. The minimum Gasteiger partial charge on any atom is -0.508 e. The molecule has 0 atom stereocenters. The van der Waals surface area contributed by atoms with Crippen LogP contribution in [0.15, 0.2) is 76.6 Å². The minimum absolute atomic E-state index is 0.217. The van der Waals surface area contributed by atoms with Gasteiger partial charge in [0, 0.05) is 25.1 Å². The molecule has 1 N–H and O–H groups in total. The van der Waals surface area contributed by atoms with Gasteiger partial charge in [0.2, 0.25) is 0 Å². The molecule has 0 aromatic heterocycles. The highest BCUT2D eigenvalue weighted by atomic mass is 32.2.